The number of aromatic nitrogens is 1. The minimum atomic E-state index is 0.847. The van der Waals surface area contributed by atoms with E-state index in [1.165, 1.54) is 77.7 Å². The summed E-state index contributed by atoms with van der Waals surface area (Å²) in [6.45, 7) is 0. The Bertz CT molecular complexity index is 2250. The number of allylic oxidation sites excluding steroid dienone is 1. The van der Waals surface area contributed by atoms with E-state index in [2.05, 4.69) is 150 Å². The molecule has 0 spiro atoms. The van der Waals surface area contributed by atoms with Crippen LogP contribution in [0, 0.1) is 0 Å². The van der Waals surface area contributed by atoms with Gasteiger partial charge < -0.3 is 4.57 Å². The number of hydrogen-bond donors (Lipinski definition) is 0. The smallest absolute Gasteiger partial charge is 0.0712 e. The molecule has 0 fully saturated rings. The van der Waals surface area contributed by atoms with Gasteiger partial charge in [0.15, 0.2) is 0 Å². The van der Waals surface area contributed by atoms with Crippen molar-refractivity contribution in [2.24, 2.45) is 4.99 Å². The van der Waals surface area contributed by atoms with Gasteiger partial charge in [-0.2, -0.15) is 0 Å². The summed E-state index contributed by atoms with van der Waals surface area (Å²) in [5, 5.41) is 2.54. The van der Waals surface area contributed by atoms with Gasteiger partial charge in [-0.15, -0.1) is 0 Å². The van der Waals surface area contributed by atoms with Gasteiger partial charge in [-0.25, -0.2) is 0 Å². The third-order valence-corrected chi connectivity index (χ3v) is 8.79. The van der Waals surface area contributed by atoms with Crippen molar-refractivity contribution >= 4 is 44.4 Å². The molecule has 42 heavy (non-hydrogen) atoms. The van der Waals surface area contributed by atoms with Crippen molar-refractivity contribution < 1.29 is 0 Å². The molecule has 0 saturated heterocycles. The molecule has 0 bridgehead atoms. The highest BCUT2D eigenvalue weighted by Gasteiger charge is 2.31. The van der Waals surface area contributed by atoms with E-state index in [4.69, 9.17) is 4.99 Å². The molecule has 0 saturated carbocycles. The van der Waals surface area contributed by atoms with Gasteiger partial charge >= 0.3 is 0 Å². The minimum Gasteiger partial charge on any atom is -0.309 e. The van der Waals surface area contributed by atoms with Crippen LogP contribution in [0.4, 0.5) is 5.69 Å². The summed E-state index contributed by atoms with van der Waals surface area (Å²) >= 11 is 0. The predicted molar refractivity (Wildman–Crippen MR) is 176 cm³/mol. The van der Waals surface area contributed by atoms with Crippen LogP contribution >= 0.6 is 0 Å². The number of benzene rings is 6. The van der Waals surface area contributed by atoms with E-state index in [0.29, 0.717) is 0 Å². The lowest BCUT2D eigenvalue weighted by molar-refractivity contribution is 1.18. The molecule has 2 nitrogen and oxygen atoms in total. The molecule has 0 atom stereocenters. The predicted octanol–water partition coefficient (Wildman–Crippen LogP) is 10.1. The van der Waals surface area contributed by atoms with Crippen molar-refractivity contribution in [2.45, 2.75) is 6.42 Å². The Kier molecular flexibility index (Phi) is 4.99. The van der Waals surface area contributed by atoms with Gasteiger partial charge in [0.25, 0.3) is 0 Å². The van der Waals surface area contributed by atoms with E-state index in [1.54, 1.807) is 0 Å². The van der Waals surface area contributed by atoms with Crippen molar-refractivity contribution in [3.63, 3.8) is 0 Å². The molecule has 2 heteroatoms. The first-order chi connectivity index (χ1) is 20.8. The second-order valence-electron chi connectivity index (χ2n) is 11.2. The van der Waals surface area contributed by atoms with Crippen molar-refractivity contribution in [1.82, 2.24) is 4.57 Å². The Balaban J connectivity index is 1.26. The molecule has 0 radical (unpaired) electrons. The van der Waals surface area contributed by atoms with Gasteiger partial charge in [-0.3, -0.25) is 4.99 Å². The average molecular weight is 535 g/mol. The van der Waals surface area contributed by atoms with Gasteiger partial charge in [0.1, 0.15) is 0 Å². The summed E-state index contributed by atoms with van der Waals surface area (Å²) in [6, 6.07) is 52.7. The second-order valence-corrected chi connectivity index (χ2v) is 11.2. The first-order valence-electron chi connectivity index (χ1n) is 14.5. The fourth-order valence-electron chi connectivity index (χ4n) is 6.92. The van der Waals surface area contributed by atoms with Crippen LogP contribution in [-0.2, 0) is 6.42 Å². The van der Waals surface area contributed by atoms with Gasteiger partial charge in [0.2, 0.25) is 0 Å². The Hall–Kier alpha value is -5.47. The van der Waals surface area contributed by atoms with Crippen molar-refractivity contribution in [3.05, 3.63) is 168 Å². The van der Waals surface area contributed by atoms with Crippen LogP contribution in [0.5, 0.6) is 0 Å². The molecule has 1 aromatic heterocycles. The minimum absolute atomic E-state index is 0.847. The first kappa shape index (κ1) is 23.3. The molecule has 0 N–H and O–H groups in total. The van der Waals surface area contributed by atoms with Crippen LogP contribution in [0.2, 0.25) is 0 Å². The van der Waals surface area contributed by atoms with Crippen LogP contribution in [0.15, 0.2) is 151 Å². The zero-order valence-corrected chi connectivity index (χ0v) is 23.0. The Morgan fingerprint density at radius 1 is 0.476 bits per heavy atom. The summed E-state index contributed by atoms with van der Waals surface area (Å²) < 4.78 is 2.37. The molecule has 7 aromatic rings. The molecule has 0 unspecified atom stereocenters. The topological polar surface area (TPSA) is 17.3 Å². The summed E-state index contributed by atoms with van der Waals surface area (Å²) in [4.78, 5) is 5.08. The monoisotopic (exact) mass is 534 g/mol. The molecular weight excluding hydrogens is 508 g/mol. The maximum atomic E-state index is 5.08. The summed E-state index contributed by atoms with van der Waals surface area (Å²) in [7, 11) is 0. The van der Waals surface area contributed by atoms with Crippen LogP contribution in [0.25, 0.3) is 49.8 Å². The third kappa shape index (κ3) is 3.42. The van der Waals surface area contributed by atoms with Gasteiger partial charge in [0.05, 0.1) is 22.4 Å². The Labute approximate surface area is 244 Å². The molecular formula is C40H26N2. The average Bonchev–Trinajstić information content (AvgIpc) is 3.59. The Morgan fingerprint density at radius 3 is 2.05 bits per heavy atom. The van der Waals surface area contributed by atoms with Crippen LogP contribution in [0.3, 0.4) is 0 Å². The van der Waals surface area contributed by atoms with E-state index >= 15 is 0 Å². The number of rotatable bonds is 3. The normalized spacial score (nSPS) is 13.7. The van der Waals surface area contributed by atoms with Crippen molar-refractivity contribution in [2.75, 3.05) is 0 Å². The molecule has 2 aliphatic rings. The molecule has 196 valence electrons. The van der Waals surface area contributed by atoms with Gasteiger partial charge in [0, 0.05) is 34.0 Å². The quantitative estimate of drug-likeness (QED) is 0.215. The van der Waals surface area contributed by atoms with Crippen LogP contribution in [-0.4, -0.2) is 10.3 Å². The number of fused-ring (bicyclic) bond motifs is 7. The summed E-state index contributed by atoms with van der Waals surface area (Å²) in [6.07, 6.45) is 0.847. The largest absolute Gasteiger partial charge is 0.309 e. The summed E-state index contributed by atoms with van der Waals surface area (Å²) in [5.41, 5.74) is 16.0. The molecule has 6 aromatic carbocycles. The zero-order valence-electron chi connectivity index (χ0n) is 23.0. The van der Waals surface area contributed by atoms with Crippen molar-refractivity contribution in [3.8, 4) is 16.8 Å². The third-order valence-electron chi connectivity index (χ3n) is 8.79. The van der Waals surface area contributed by atoms with Crippen LogP contribution < -0.4 is 0 Å². The lowest BCUT2D eigenvalue weighted by atomic mass is 9.78. The molecule has 2 heterocycles. The number of hydrogen-bond acceptors (Lipinski definition) is 1. The maximum Gasteiger partial charge on any atom is 0.0712 e. The van der Waals surface area contributed by atoms with E-state index < -0.39 is 0 Å². The molecule has 1 aliphatic carbocycles. The molecule has 0 amide bonds. The SMILES string of the molecule is c1ccc(C2=C3C(=Nc4ccccc43)Cc3ccc(-c4ccc5c(c4)c4ccccc4n5-c4ccccc4)cc32)cc1. The van der Waals surface area contributed by atoms with Crippen LogP contribution in [0.1, 0.15) is 22.3 Å². The Morgan fingerprint density at radius 2 is 1.17 bits per heavy atom. The second kappa shape index (κ2) is 9.02. The van der Waals surface area contributed by atoms with Gasteiger partial charge in [-0.05, 0) is 75.9 Å². The number of aliphatic imine (C=N–C) groups is 1. The first-order valence-corrected chi connectivity index (χ1v) is 14.5. The highest BCUT2D eigenvalue weighted by Crippen LogP contribution is 2.47. The fourth-order valence-corrected chi connectivity index (χ4v) is 6.92. The lowest BCUT2D eigenvalue weighted by Gasteiger charge is -2.24. The standard InChI is InChI=1S/C40H26N2/c1-3-11-26(12-4-1)39-33-23-27(19-20-29(33)25-36-40(39)32-16-7-9-17-35(32)41-36)28-21-22-38-34(24-28)31-15-8-10-18-37(31)42(38)30-13-5-2-6-14-30/h1-24H,25H2. The highest BCUT2D eigenvalue weighted by molar-refractivity contribution is 6.38. The van der Waals surface area contributed by atoms with E-state index in [9.17, 15) is 0 Å². The van der Waals surface area contributed by atoms with E-state index in [-0.39, 0.29) is 0 Å². The lowest BCUT2D eigenvalue weighted by Crippen LogP contribution is -2.13. The zero-order chi connectivity index (χ0) is 27.6. The van der Waals surface area contributed by atoms with Crippen molar-refractivity contribution in [1.29, 1.82) is 0 Å². The maximum absolute atomic E-state index is 5.08. The number of para-hydroxylation sites is 3. The highest BCUT2D eigenvalue weighted by atomic mass is 15.0. The van der Waals surface area contributed by atoms with Gasteiger partial charge in [-0.1, -0.05) is 103 Å². The molecule has 9 rings (SSSR count). The summed E-state index contributed by atoms with van der Waals surface area (Å²) in [5.74, 6) is 0. The fraction of sp³-hybridized carbons (Fsp3) is 0.0250. The number of nitrogens with zero attached hydrogens (tertiary/aromatic N) is 2. The van der Waals surface area contributed by atoms with E-state index in [1.807, 2.05) is 0 Å². The molecule has 1 aliphatic heterocycles. The van der Waals surface area contributed by atoms with E-state index in [0.717, 1.165) is 12.1 Å².